The number of benzene rings is 2. The Morgan fingerprint density at radius 3 is 2.47 bits per heavy atom. The third kappa shape index (κ3) is 8.15. The van der Waals surface area contributed by atoms with Crippen LogP contribution >= 0.6 is 0 Å². The first-order valence-corrected chi connectivity index (χ1v) is 10.5. The van der Waals surface area contributed by atoms with E-state index in [0.717, 1.165) is 42.5 Å². The fourth-order valence-electron chi connectivity index (χ4n) is 2.95. The van der Waals surface area contributed by atoms with Crippen molar-refractivity contribution in [1.82, 2.24) is 10.6 Å². The summed E-state index contributed by atoms with van der Waals surface area (Å²) in [6, 6.07) is 14.1. The Morgan fingerprint density at radius 2 is 1.83 bits per heavy atom. The van der Waals surface area contributed by atoms with Gasteiger partial charge in [0.05, 0.1) is 12.6 Å². The van der Waals surface area contributed by atoms with Crippen molar-refractivity contribution in [2.45, 2.75) is 53.7 Å². The van der Waals surface area contributed by atoms with Crippen molar-refractivity contribution in [3.8, 4) is 5.75 Å². The Kier molecular flexibility index (Phi) is 9.19. The molecule has 0 heterocycles. The standard InChI is InChI=1S/C24H34N4O2/c1-6-25-24(26-14-13-20-8-11-22(12-9-20)28-19(5)29)27-16-21-10-7-18(4)15-23(21)30-17(2)3/h7-12,15,17H,6,13-14,16H2,1-5H3,(H,28,29)(H2,25,26,27). The van der Waals surface area contributed by atoms with Crippen molar-refractivity contribution in [1.29, 1.82) is 0 Å². The number of guanidine groups is 1. The summed E-state index contributed by atoms with van der Waals surface area (Å²) in [5.74, 6) is 1.61. The zero-order valence-electron chi connectivity index (χ0n) is 18.7. The van der Waals surface area contributed by atoms with E-state index in [9.17, 15) is 4.79 Å². The molecular formula is C24H34N4O2. The van der Waals surface area contributed by atoms with E-state index in [1.54, 1.807) is 0 Å². The molecule has 2 rings (SSSR count). The van der Waals surface area contributed by atoms with E-state index < -0.39 is 0 Å². The van der Waals surface area contributed by atoms with E-state index in [0.29, 0.717) is 6.54 Å². The molecule has 0 fully saturated rings. The summed E-state index contributed by atoms with van der Waals surface area (Å²) in [7, 11) is 0. The summed E-state index contributed by atoms with van der Waals surface area (Å²) in [5.41, 5.74) is 4.25. The summed E-state index contributed by atoms with van der Waals surface area (Å²) in [4.78, 5) is 15.8. The molecule has 2 aromatic rings. The Morgan fingerprint density at radius 1 is 1.10 bits per heavy atom. The largest absolute Gasteiger partial charge is 0.491 e. The van der Waals surface area contributed by atoms with Gasteiger partial charge in [-0.1, -0.05) is 24.3 Å². The molecule has 0 aliphatic heterocycles. The first kappa shape index (κ1) is 23.3. The second-order valence-electron chi connectivity index (χ2n) is 7.53. The molecular weight excluding hydrogens is 376 g/mol. The molecule has 0 spiro atoms. The van der Waals surface area contributed by atoms with Gasteiger partial charge in [-0.2, -0.15) is 0 Å². The number of nitrogens with one attached hydrogen (secondary N) is 3. The fourth-order valence-corrected chi connectivity index (χ4v) is 2.95. The van der Waals surface area contributed by atoms with E-state index in [-0.39, 0.29) is 12.0 Å². The van der Waals surface area contributed by atoms with Crippen molar-refractivity contribution >= 4 is 17.6 Å². The van der Waals surface area contributed by atoms with Crippen molar-refractivity contribution in [2.24, 2.45) is 4.99 Å². The van der Waals surface area contributed by atoms with Crippen LogP contribution in [0.15, 0.2) is 47.5 Å². The average Bonchev–Trinajstić information content (AvgIpc) is 2.67. The number of nitrogens with zero attached hydrogens (tertiary/aromatic N) is 1. The molecule has 0 unspecified atom stereocenters. The van der Waals surface area contributed by atoms with E-state index in [4.69, 9.17) is 9.73 Å². The lowest BCUT2D eigenvalue weighted by atomic mass is 10.1. The van der Waals surface area contributed by atoms with Crippen LogP contribution in [0, 0.1) is 6.92 Å². The van der Waals surface area contributed by atoms with Gasteiger partial charge in [-0.05, 0) is 63.4 Å². The summed E-state index contributed by atoms with van der Waals surface area (Å²) in [6.45, 7) is 11.8. The summed E-state index contributed by atoms with van der Waals surface area (Å²) in [6.07, 6.45) is 0.981. The number of aliphatic imine (C=N–C) groups is 1. The van der Waals surface area contributed by atoms with Crippen molar-refractivity contribution in [2.75, 3.05) is 18.4 Å². The van der Waals surface area contributed by atoms with Crippen LogP contribution < -0.4 is 20.7 Å². The van der Waals surface area contributed by atoms with E-state index in [1.807, 2.05) is 38.1 Å². The normalized spacial score (nSPS) is 11.3. The van der Waals surface area contributed by atoms with Crippen LogP contribution in [0.4, 0.5) is 5.69 Å². The molecule has 162 valence electrons. The fraction of sp³-hybridized carbons (Fsp3) is 0.417. The molecule has 0 atom stereocenters. The predicted molar refractivity (Wildman–Crippen MR) is 124 cm³/mol. The van der Waals surface area contributed by atoms with Crippen LogP contribution in [-0.4, -0.2) is 31.1 Å². The third-order valence-corrected chi connectivity index (χ3v) is 4.32. The lowest BCUT2D eigenvalue weighted by molar-refractivity contribution is -0.114. The first-order valence-electron chi connectivity index (χ1n) is 10.5. The topological polar surface area (TPSA) is 74.8 Å². The molecule has 0 saturated heterocycles. The van der Waals surface area contributed by atoms with Gasteiger partial charge >= 0.3 is 0 Å². The summed E-state index contributed by atoms with van der Waals surface area (Å²) in [5, 5.41) is 9.46. The minimum Gasteiger partial charge on any atom is -0.491 e. The van der Waals surface area contributed by atoms with Crippen molar-refractivity contribution in [3.63, 3.8) is 0 Å². The zero-order chi connectivity index (χ0) is 21.9. The minimum absolute atomic E-state index is 0.0635. The number of hydrogen-bond donors (Lipinski definition) is 3. The molecule has 0 saturated carbocycles. The third-order valence-electron chi connectivity index (χ3n) is 4.32. The minimum atomic E-state index is -0.0635. The van der Waals surface area contributed by atoms with Crippen LogP contribution in [-0.2, 0) is 17.8 Å². The lowest BCUT2D eigenvalue weighted by Crippen LogP contribution is -2.38. The van der Waals surface area contributed by atoms with Gasteiger partial charge in [0.15, 0.2) is 5.96 Å². The molecule has 0 aliphatic rings. The van der Waals surface area contributed by atoms with Gasteiger partial charge < -0.3 is 20.7 Å². The zero-order valence-corrected chi connectivity index (χ0v) is 18.7. The molecule has 2 aromatic carbocycles. The van der Waals surface area contributed by atoms with E-state index in [2.05, 4.69) is 48.0 Å². The van der Waals surface area contributed by atoms with Crippen molar-refractivity contribution in [3.05, 3.63) is 59.2 Å². The molecule has 6 heteroatoms. The monoisotopic (exact) mass is 410 g/mol. The molecule has 0 radical (unpaired) electrons. The van der Waals surface area contributed by atoms with Gasteiger partial charge in [0.25, 0.3) is 0 Å². The van der Waals surface area contributed by atoms with Crippen molar-refractivity contribution < 1.29 is 9.53 Å². The molecule has 3 N–H and O–H groups in total. The molecule has 6 nitrogen and oxygen atoms in total. The highest BCUT2D eigenvalue weighted by molar-refractivity contribution is 5.88. The highest BCUT2D eigenvalue weighted by atomic mass is 16.5. The average molecular weight is 411 g/mol. The molecule has 0 bridgehead atoms. The number of anilines is 1. The van der Waals surface area contributed by atoms with Gasteiger partial charge in [0.2, 0.25) is 5.91 Å². The van der Waals surface area contributed by atoms with Crippen LogP contribution in [0.1, 0.15) is 44.4 Å². The number of amides is 1. The Bertz CT molecular complexity index is 845. The molecule has 30 heavy (non-hydrogen) atoms. The quantitative estimate of drug-likeness (QED) is 0.431. The van der Waals surface area contributed by atoms with Crippen LogP contribution in [0.25, 0.3) is 0 Å². The second-order valence-corrected chi connectivity index (χ2v) is 7.53. The lowest BCUT2D eigenvalue weighted by Gasteiger charge is -2.15. The first-order chi connectivity index (χ1) is 14.4. The van der Waals surface area contributed by atoms with Gasteiger partial charge in [-0.3, -0.25) is 4.79 Å². The van der Waals surface area contributed by atoms with Gasteiger partial charge in [0.1, 0.15) is 5.75 Å². The maximum absolute atomic E-state index is 11.1. The number of rotatable bonds is 9. The number of aryl methyl sites for hydroxylation is 1. The van der Waals surface area contributed by atoms with Crippen LogP contribution in [0.5, 0.6) is 5.75 Å². The van der Waals surface area contributed by atoms with Crippen LogP contribution in [0.2, 0.25) is 0 Å². The SMILES string of the molecule is CCNC(=NCc1ccc(C)cc1OC(C)C)NCCc1ccc(NC(C)=O)cc1. The Labute approximate surface area is 180 Å². The smallest absolute Gasteiger partial charge is 0.221 e. The maximum atomic E-state index is 11.1. The van der Waals surface area contributed by atoms with E-state index in [1.165, 1.54) is 18.1 Å². The molecule has 0 aliphatic carbocycles. The highest BCUT2D eigenvalue weighted by Crippen LogP contribution is 2.22. The summed E-state index contributed by atoms with van der Waals surface area (Å²) >= 11 is 0. The number of carbonyl (C=O) groups excluding carboxylic acids is 1. The van der Waals surface area contributed by atoms with Gasteiger partial charge in [-0.15, -0.1) is 0 Å². The molecule has 1 amide bonds. The van der Waals surface area contributed by atoms with Gasteiger partial charge in [0, 0.05) is 31.3 Å². The van der Waals surface area contributed by atoms with E-state index >= 15 is 0 Å². The maximum Gasteiger partial charge on any atom is 0.221 e. The predicted octanol–water partition coefficient (Wildman–Crippen LogP) is 4.04. The van der Waals surface area contributed by atoms with Gasteiger partial charge in [-0.25, -0.2) is 4.99 Å². The summed E-state index contributed by atoms with van der Waals surface area (Å²) < 4.78 is 5.95. The molecule has 0 aromatic heterocycles. The number of ether oxygens (including phenoxy) is 1. The number of carbonyl (C=O) groups is 1. The highest BCUT2D eigenvalue weighted by Gasteiger charge is 2.07. The van der Waals surface area contributed by atoms with Crippen LogP contribution in [0.3, 0.4) is 0 Å². The Hall–Kier alpha value is -3.02. The number of hydrogen-bond acceptors (Lipinski definition) is 3. The second kappa shape index (κ2) is 11.9. The Balaban J connectivity index is 1.95.